The minimum Gasteiger partial charge on any atom is -0.497 e. The summed E-state index contributed by atoms with van der Waals surface area (Å²) in [6.07, 6.45) is 10.5. The van der Waals surface area contributed by atoms with Gasteiger partial charge in [0.1, 0.15) is 18.1 Å². The average molecular weight is 514 g/mol. The van der Waals surface area contributed by atoms with E-state index in [2.05, 4.69) is 16.0 Å². The Balaban J connectivity index is 1.49. The monoisotopic (exact) mass is 513 g/mol. The SMILES string of the molecule is COc1cccc(OCC2(C(C(=O)NC3CCCCC3)C3CCCCC3)Nc3cc(F)c(F)cc3N2)c1. The van der Waals surface area contributed by atoms with Crippen molar-refractivity contribution in [2.75, 3.05) is 24.4 Å². The van der Waals surface area contributed by atoms with Crippen LogP contribution in [0.4, 0.5) is 20.2 Å². The van der Waals surface area contributed by atoms with Crippen molar-refractivity contribution in [1.29, 1.82) is 0 Å². The molecule has 5 rings (SSSR count). The molecule has 0 saturated heterocycles. The number of carbonyl (C=O) groups is 1. The second-order valence-corrected chi connectivity index (χ2v) is 10.7. The van der Waals surface area contributed by atoms with Crippen molar-refractivity contribution in [2.45, 2.75) is 75.9 Å². The van der Waals surface area contributed by atoms with Gasteiger partial charge in [0.2, 0.25) is 5.91 Å². The van der Waals surface area contributed by atoms with Gasteiger partial charge in [0, 0.05) is 24.2 Å². The summed E-state index contributed by atoms with van der Waals surface area (Å²) in [6.45, 7) is 0.0807. The van der Waals surface area contributed by atoms with Gasteiger partial charge < -0.3 is 25.4 Å². The molecular formula is C29H37F2N3O3. The van der Waals surface area contributed by atoms with Crippen molar-refractivity contribution < 1.29 is 23.0 Å². The third kappa shape index (κ3) is 5.63. The minimum absolute atomic E-state index is 0.0261. The first-order valence-electron chi connectivity index (χ1n) is 13.6. The Morgan fingerprint density at radius 3 is 2.16 bits per heavy atom. The number of hydrogen-bond donors (Lipinski definition) is 3. The number of hydrogen-bond acceptors (Lipinski definition) is 5. The zero-order valence-electron chi connectivity index (χ0n) is 21.5. The van der Waals surface area contributed by atoms with E-state index < -0.39 is 23.2 Å². The van der Waals surface area contributed by atoms with Gasteiger partial charge in [-0.25, -0.2) is 8.78 Å². The quantitative estimate of drug-likeness (QED) is 0.390. The van der Waals surface area contributed by atoms with Gasteiger partial charge in [-0.2, -0.15) is 0 Å². The molecule has 0 spiro atoms. The molecule has 1 heterocycles. The first-order valence-corrected chi connectivity index (χ1v) is 13.6. The Morgan fingerprint density at radius 2 is 1.54 bits per heavy atom. The fraction of sp³-hybridized carbons (Fsp3) is 0.552. The third-order valence-electron chi connectivity index (χ3n) is 8.17. The van der Waals surface area contributed by atoms with Crippen LogP contribution in [0.1, 0.15) is 64.2 Å². The van der Waals surface area contributed by atoms with Crippen molar-refractivity contribution in [3.8, 4) is 11.5 Å². The number of rotatable bonds is 8. The predicted octanol–water partition coefficient (Wildman–Crippen LogP) is 6.23. The van der Waals surface area contributed by atoms with E-state index in [1.807, 2.05) is 18.2 Å². The molecule has 2 aromatic carbocycles. The summed E-state index contributed by atoms with van der Waals surface area (Å²) in [5.74, 6) is -1.04. The van der Waals surface area contributed by atoms with Crippen LogP contribution >= 0.6 is 0 Å². The summed E-state index contributed by atoms with van der Waals surface area (Å²) in [5.41, 5.74) is -0.217. The minimum atomic E-state index is -1.08. The van der Waals surface area contributed by atoms with Gasteiger partial charge >= 0.3 is 0 Å². The number of halogens is 2. The zero-order chi connectivity index (χ0) is 25.8. The first-order chi connectivity index (χ1) is 18.0. The second kappa shape index (κ2) is 11.2. The molecule has 2 saturated carbocycles. The highest BCUT2D eigenvalue weighted by Crippen LogP contribution is 2.45. The summed E-state index contributed by atoms with van der Waals surface area (Å²) in [4.78, 5) is 14.1. The lowest BCUT2D eigenvalue weighted by Crippen LogP contribution is -2.61. The van der Waals surface area contributed by atoms with Crippen LogP contribution in [0.3, 0.4) is 0 Å². The van der Waals surface area contributed by atoms with Crippen LogP contribution in [0.5, 0.6) is 11.5 Å². The van der Waals surface area contributed by atoms with E-state index >= 15 is 0 Å². The molecule has 6 nitrogen and oxygen atoms in total. The summed E-state index contributed by atoms with van der Waals surface area (Å²) in [5, 5.41) is 10.1. The van der Waals surface area contributed by atoms with Gasteiger partial charge in [-0.1, -0.05) is 44.6 Å². The van der Waals surface area contributed by atoms with Crippen molar-refractivity contribution in [3.63, 3.8) is 0 Å². The highest BCUT2D eigenvalue weighted by molar-refractivity contribution is 5.86. The fourth-order valence-corrected chi connectivity index (χ4v) is 6.32. The zero-order valence-corrected chi connectivity index (χ0v) is 21.5. The number of anilines is 2. The van der Waals surface area contributed by atoms with Gasteiger partial charge in [-0.3, -0.25) is 4.79 Å². The van der Waals surface area contributed by atoms with Crippen LogP contribution in [0.25, 0.3) is 0 Å². The van der Waals surface area contributed by atoms with Crippen molar-refractivity contribution in [1.82, 2.24) is 5.32 Å². The Labute approximate surface area is 217 Å². The normalized spacial score (nSPS) is 20.3. The fourth-order valence-electron chi connectivity index (χ4n) is 6.32. The van der Waals surface area contributed by atoms with Crippen molar-refractivity contribution in [3.05, 3.63) is 48.0 Å². The Kier molecular flexibility index (Phi) is 7.72. The van der Waals surface area contributed by atoms with Crippen molar-refractivity contribution >= 4 is 17.3 Å². The molecule has 200 valence electrons. The number of ether oxygens (including phenoxy) is 2. The topological polar surface area (TPSA) is 71.6 Å². The van der Waals surface area contributed by atoms with Gasteiger partial charge in [0.05, 0.1) is 24.4 Å². The second-order valence-electron chi connectivity index (χ2n) is 10.7. The van der Waals surface area contributed by atoms with E-state index in [4.69, 9.17) is 9.47 Å². The molecular weight excluding hydrogens is 476 g/mol. The van der Waals surface area contributed by atoms with Gasteiger partial charge in [-0.05, 0) is 43.7 Å². The molecule has 3 N–H and O–H groups in total. The number of methoxy groups -OCH3 is 1. The van der Waals surface area contributed by atoms with E-state index in [9.17, 15) is 13.6 Å². The Hall–Kier alpha value is -3.03. The number of nitrogens with one attached hydrogen (secondary N) is 3. The van der Waals surface area contributed by atoms with Gasteiger partial charge in [0.15, 0.2) is 17.3 Å². The van der Waals surface area contributed by atoms with E-state index in [-0.39, 0.29) is 24.5 Å². The number of fused-ring (bicyclic) bond motifs is 1. The van der Waals surface area contributed by atoms with Crippen LogP contribution in [-0.2, 0) is 4.79 Å². The Bertz CT molecular complexity index is 1070. The molecule has 1 atom stereocenters. The molecule has 8 heteroatoms. The molecule has 2 aromatic rings. The van der Waals surface area contributed by atoms with Crippen LogP contribution in [0.2, 0.25) is 0 Å². The summed E-state index contributed by atoms with van der Waals surface area (Å²) >= 11 is 0. The molecule has 1 aliphatic heterocycles. The third-order valence-corrected chi connectivity index (χ3v) is 8.17. The number of benzene rings is 2. The molecule has 3 aliphatic rings. The predicted molar refractivity (Wildman–Crippen MR) is 140 cm³/mol. The highest BCUT2D eigenvalue weighted by Gasteiger charge is 2.52. The molecule has 1 amide bonds. The maximum absolute atomic E-state index is 14.2. The van der Waals surface area contributed by atoms with Crippen LogP contribution < -0.4 is 25.4 Å². The molecule has 2 fully saturated rings. The van der Waals surface area contributed by atoms with Crippen molar-refractivity contribution in [2.24, 2.45) is 11.8 Å². The lowest BCUT2D eigenvalue weighted by Gasteiger charge is -2.43. The van der Waals surface area contributed by atoms with E-state index in [1.165, 1.54) is 6.42 Å². The van der Waals surface area contributed by atoms with Crippen LogP contribution in [-0.4, -0.2) is 31.3 Å². The molecule has 0 aromatic heterocycles. The maximum Gasteiger partial charge on any atom is 0.228 e. The standard InChI is InChI=1S/C29H37F2N3O3/c1-36-21-13-8-14-22(15-21)37-18-29(33-25-16-23(30)24(31)17-26(25)34-29)27(19-9-4-2-5-10-19)28(35)32-20-11-6-3-7-12-20/h8,13-17,19-20,27,33-34H,2-7,9-12,18H2,1H3,(H,32,35). The van der Waals surface area contributed by atoms with E-state index in [0.29, 0.717) is 22.9 Å². The maximum atomic E-state index is 14.2. The molecule has 2 aliphatic carbocycles. The molecule has 1 unspecified atom stereocenters. The lowest BCUT2D eigenvalue weighted by molar-refractivity contribution is -0.130. The first kappa shape index (κ1) is 25.6. The number of carbonyl (C=O) groups excluding carboxylic acids is 1. The molecule has 37 heavy (non-hydrogen) atoms. The summed E-state index contributed by atoms with van der Waals surface area (Å²) in [6, 6.07) is 9.75. The lowest BCUT2D eigenvalue weighted by atomic mass is 9.73. The van der Waals surface area contributed by atoms with Crippen LogP contribution in [0, 0.1) is 23.5 Å². The summed E-state index contributed by atoms with van der Waals surface area (Å²) in [7, 11) is 1.59. The summed E-state index contributed by atoms with van der Waals surface area (Å²) < 4.78 is 40.0. The van der Waals surface area contributed by atoms with Crippen LogP contribution in [0.15, 0.2) is 36.4 Å². The largest absolute Gasteiger partial charge is 0.497 e. The van der Waals surface area contributed by atoms with Gasteiger partial charge in [-0.15, -0.1) is 0 Å². The number of amides is 1. The molecule has 0 bridgehead atoms. The van der Waals surface area contributed by atoms with Gasteiger partial charge in [0.25, 0.3) is 0 Å². The average Bonchev–Trinajstić information content (AvgIpc) is 3.26. The smallest absolute Gasteiger partial charge is 0.228 e. The highest BCUT2D eigenvalue weighted by atomic mass is 19.2. The van der Waals surface area contributed by atoms with E-state index in [0.717, 1.165) is 69.9 Å². The molecule has 0 radical (unpaired) electrons. The van der Waals surface area contributed by atoms with E-state index in [1.54, 1.807) is 13.2 Å². The Morgan fingerprint density at radius 1 is 0.946 bits per heavy atom.